The molecule has 0 aromatic carbocycles. The summed E-state index contributed by atoms with van der Waals surface area (Å²) >= 11 is 0. The summed E-state index contributed by atoms with van der Waals surface area (Å²) in [6, 6.07) is 5.58. The molecular formula is C27H37F2N5O4. The molecule has 1 aliphatic rings. The summed E-state index contributed by atoms with van der Waals surface area (Å²) in [6.45, 7) is 5.70. The predicted molar refractivity (Wildman–Crippen MR) is 140 cm³/mol. The van der Waals surface area contributed by atoms with Crippen LogP contribution in [0.5, 0.6) is 0 Å². The summed E-state index contributed by atoms with van der Waals surface area (Å²) in [5.74, 6) is -1.12. The lowest BCUT2D eigenvalue weighted by Crippen LogP contribution is -2.44. The van der Waals surface area contributed by atoms with Gasteiger partial charge in [-0.05, 0) is 75.8 Å². The van der Waals surface area contributed by atoms with Gasteiger partial charge in [-0.15, -0.1) is 0 Å². The van der Waals surface area contributed by atoms with Crippen LogP contribution in [0.4, 0.5) is 14.6 Å². The molecule has 0 saturated carbocycles. The maximum Gasteiger partial charge on any atom is 0.326 e. The van der Waals surface area contributed by atoms with E-state index in [4.69, 9.17) is 9.72 Å². The molecule has 9 nitrogen and oxygen atoms in total. The van der Waals surface area contributed by atoms with E-state index in [0.717, 1.165) is 56.7 Å². The van der Waals surface area contributed by atoms with Crippen LogP contribution in [-0.2, 0) is 22.4 Å². The highest BCUT2D eigenvalue weighted by Crippen LogP contribution is 2.21. The minimum absolute atomic E-state index is 0.121. The van der Waals surface area contributed by atoms with Crippen LogP contribution in [0.1, 0.15) is 66.3 Å². The molecule has 208 valence electrons. The van der Waals surface area contributed by atoms with Gasteiger partial charge in [0.25, 0.3) is 12.3 Å². The van der Waals surface area contributed by atoms with Gasteiger partial charge in [0.05, 0.1) is 12.2 Å². The summed E-state index contributed by atoms with van der Waals surface area (Å²) in [5, 5.41) is 15.4. The number of aromatic nitrogens is 2. The number of nitrogens with zero attached hydrogens (tertiary/aromatic N) is 3. The van der Waals surface area contributed by atoms with Crippen molar-refractivity contribution in [1.29, 1.82) is 0 Å². The molecule has 1 unspecified atom stereocenters. The minimum atomic E-state index is -2.94. The molecule has 0 spiro atoms. The molecule has 1 amide bonds. The number of halogens is 2. The molecule has 38 heavy (non-hydrogen) atoms. The fraction of sp³-hybridized carbons (Fsp3) is 0.556. The van der Waals surface area contributed by atoms with Crippen molar-refractivity contribution in [3.8, 4) is 0 Å². The maximum atomic E-state index is 13.2. The number of hydrogen-bond donors (Lipinski definition) is 3. The standard InChI is InChI=1S/C27H37F2N5O4/c1-2-38-18-17-34(15-4-3-8-20-11-10-19-7-5-14-31-25(19)32-20)16-12-22(27(36)37)33-26(35)21-9-6-13-30-23(21)24(28)29/h6,9-11,13,22,24H,2-5,7-8,12,14-18H2,1H3,(H,31,32)(H,33,35)(H,36,37). The zero-order chi connectivity index (χ0) is 27.3. The SMILES string of the molecule is CCOCCN(CCCCc1ccc2c(n1)NCCC2)CCC(NC(=O)c1cccnc1C(F)F)C(=O)O. The normalized spacial score (nSPS) is 13.7. The van der Waals surface area contributed by atoms with Gasteiger partial charge in [-0.1, -0.05) is 6.07 Å². The number of nitrogens with one attached hydrogen (secondary N) is 2. The Kier molecular flexibility index (Phi) is 11.8. The van der Waals surface area contributed by atoms with Gasteiger partial charge in [0, 0.05) is 38.1 Å². The van der Waals surface area contributed by atoms with Crippen molar-refractivity contribution in [2.24, 2.45) is 0 Å². The average molecular weight is 534 g/mol. The Morgan fingerprint density at radius 3 is 2.82 bits per heavy atom. The fourth-order valence-corrected chi connectivity index (χ4v) is 4.41. The number of ether oxygens (including phenoxy) is 1. The van der Waals surface area contributed by atoms with E-state index in [-0.39, 0.29) is 12.0 Å². The molecule has 2 aromatic heterocycles. The van der Waals surface area contributed by atoms with Crippen LogP contribution in [0, 0.1) is 0 Å². The molecule has 1 atom stereocenters. The van der Waals surface area contributed by atoms with E-state index in [9.17, 15) is 23.5 Å². The molecular weight excluding hydrogens is 496 g/mol. The van der Waals surface area contributed by atoms with Crippen molar-refractivity contribution >= 4 is 17.7 Å². The zero-order valence-corrected chi connectivity index (χ0v) is 21.8. The molecule has 11 heteroatoms. The first-order valence-electron chi connectivity index (χ1n) is 13.2. The van der Waals surface area contributed by atoms with Crippen LogP contribution >= 0.6 is 0 Å². The Morgan fingerprint density at radius 2 is 2.05 bits per heavy atom. The van der Waals surface area contributed by atoms with Gasteiger partial charge in [-0.25, -0.2) is 18.6 Å². The van der Waals surface area contributed by atoms with Crippen molar-refractivity contribution in [1.82, 2.24) is 20.2 Å². The number of carboxylic acids is 1. The molecule has 2 aromatic rings. The van der Waals surface area contributed by atoms with Crippen molar-refractivity contribution in [2.45, 2.75) is 57.9 Å². The Morgan fingerprint density at radius 1 is 1.21 bits per heavy atom. The van der Waals surface area contributed by atoms with Gasteiger partial charge >= 0.3 is 5.97 Å². The van der Waals surface area contributed by atoms with Gasteiger partial charge in [0.2, 0.25) is 0 Å². The van der Waals surface area contributed by atoms with Gasteiger partial charge in [-0.2, -0.15) is 0 Å². The molecule has 0 aliphatic carbocycles. The summed E-state index contributed by atoms with van der Waals surface area (Å²) < 4.78 is 31.9. The van der Waals surface area contributed by atoms with Gasteiger partial charge < -0.3 is 25.4 Å². The quantitative estimate of drug-likeness (QED) is 0.280. The Hall–Kier alpha value is -3.18. The van der Waals surface area contributed by atoms with E-state index in [0.29, 0.717) is 26.3 Å². The first-order valence-corrected chi connectivity index (χ1v) is 13.2. The van der Waals surface area contributed by atoms with E-state index in [2.05, 4.69) is 32.7 Å². The molecule has 1 aliphatic heterocycles. The van der Waals surface area contributed by atoms with Crippen LogP contribution in [0.2, 0.25) is 0 Å². The van der Waals surface area contributed by atoms with Crippen molar-refractivity contribution in [2.75, 3.05) is 44.7 Å². The monoisotopic (exact) mass is 533 g/mol. The summed E-state index contributed by atoms with van der Waals surface area (Å²) in [6.07, 6.45) is 3.18. The first-order chi connectivity index (χ1) is 18.4. The van der Waals surface area contributed by atoms with E-state index in [1.165, 1.54) is 23.9 Å². The van der Waals surface area contributed by atoms with Gasteiger partial charge in [0.1, 0.15) is 17.6 Å². The largest absolute Gasteiger partial charge is 0.480 e. The number of aryl methyl sites for hydroxylation is 2. The van der Waals surface area contributed by atoms with Crippen molar-refractivity contribution in [3.05, 3.63) is 53.0 Å². The number of rotatable bonds is 16. The number of unbranched alkanes of at least 4 members (excludes halogenated alkanes) is 1. The zero-order valence-electron chi connectivity index (χ0n) is 21.8. The van der Waals surface area contributed by atoms with E-state index < -0.39 is 30.0 Å². The van der Waals surface area contributed by atoms with Crippen molar-refractivity contribution in [3.63, 3.8) is 0 Å². The summed E-state index contributed by atoms with van der Waals surface area (Å²) in [4.78, 5) is 34.8. The lowest BCUT2D eigenvalue weighted by Gasteiger charge is -2.24. The number of carbonyl (C=O) groups excluding carboxylic acids is 1. The number of aliphatic carboxylic acids is 1. The number of amides is 1. The van der Waals surface area contributed by atoms with Crippen LogP contribution < -0.4 is 10.6 Å². The number of carboxylic acid groups (broad SMARTS) is 1. The lowest BCUT2D eigenvalue weighted by molar-refractivity contribution is -0.139. The molecule has 3 heterocycles. The average Bonchev–Trinajstić information content (AvgIpc) is 2.92. The minimum Gasteiger partial charge on any atom is -0.480 e. The first kappa shape index (κ1) is 29.4. The van der Waals surface area contributed by atoms with Crippen molar-refractivity contribution < 1.29 is 28.2 Å². The second kappa shape index (κ2) is 15.3. The molecule has 0 bridgehead atoms. The molecule has 3 N–H and O–H groups in total. The van der Waals surface area contributed by atoms with E-state index >= 15 is 0 Å². The number of hydrogen-bond acceptors (Lipinski definition) is 7. The topological polar surface area (TPSA) is 117 Å². The van der Waals surface area contributed by atoms with Gasteiger partial charge in [-0.3, -0.25) is 9.78 Å². The Bertz CT molecular complexity index is 1060. The van der Waals surface area contributed by atoms with Crippen LogP contribution in [-0.4, -0.2) is 77.3 Å². The molecule has 3 rings (SSSR count). The third-order valence-corrected chi connectivity index (χ3v) is 6.49. The number of pyridine rings is 2. The van der Waals surface area contributed by atoms with E-state index in [1.807, 2.05) is 6.92 Å². The molecule has 0 fully saturated rings. The van der Waals surface area contributed by atoms with Gasteiger partial charge in [0.15, 0.2) is 0 Å². The third-order valence-electron chi connectivity index (χ3n) is 6.49. The molecule has 0 radical (unpaired) electrons. The number of anilines is 1. The Balaban J connectivity index is 1.52. The molecule has 0 saturated heterocycles. The van der Waals surface area contributed by atoms with Crippen LogP contribution in [0.15, 0.2) is 30.5 Å². The second-order valence-electron chi connectivity index (χ2n) is 9.23. The predicted octanol–water partition coefficient (Wildman–Crippen LogP) is 3.71. The lowest BCUT2D eigenvalue weighted by atomic mass is 10.1. The highest BCUT2D eigenvalue weighted by Gasteiger charge is 2.25. The smallest absolute Gasteiger partial charge is 0.326 e. The number of fused-ring (bicyclic) bond motifs is 1. The maximum absolute atomic E-state index is 13.2. The summed E-state index contributed by atoms with van der Waals surface area (Å²) in [5.41, 5.74) is 1.31. The van der Waals surface area contributed by atoms with Crippen LogP contribution in [0.25, 0.3) is 0 Å². The highest BCUT2D eigenvalue weighted by molar-refractivity contribution is 5.97. The summed E-state index contributed by atoms with van der Waals surface area (Å²) in [7, 11) is 0. The van der Waals surface area contributed by atoms with Crippen LogP contribution in [0.3, 0.4) is 0 Å². The number of carbonyl (C=O) groups is 2. The third kappa shape index (κ3) is 8.98. The number of alkyl halides is 2. The fourth-order valence-electron chi connectivity index (χ4n) is 4.41. The second-order valence-corrected chi connectivity index (χ2v) is 9.23. The van der Waals surface area contributed by atoms with E-state index in [1.54, 1.807) is 0 Å². The Labute approximate surface area is 222 Å². The highest BCUT2D eigenvalue weighted by atomic mass is 19.3.